The van der Waals surface area contributed by atoms with Crippen molar-refractivity contribution in [1.29, 1.82) is 0 Å². The summed E-state index contributed by atoms with van der Waals surface area (Å²) in [5, 5.41) is 1.85. The van der Waals surface area contributed by atoms with Crippen LogP contribution in [0.3, 0.4) is 0 Å². The van der Waals surface area contributed by atoms with Crippen LogP contribution in [0.4, 0.5) is 0 Å². The number of thiophene rings is 1. The predicted molar refractivity (Wildman–Crippen MR) is 67.7 cm³/mol. The molecule has 0 atom stereocenters. The number of hydrogen-bond donors (Lipinski definition) is 2. The minimum Gasteiger partial charge on any atom is -0.309 e. The summed E-state index contributed by atoms with van der Waals surface area (Å²) in [4.78, 5) is 29.4. The molecule has 0 aliphatic carbocycles. The fraction of sp³-hybridized carbons (Fsp3) is 0.333. The highest BCUT2D eigenvalue weighted by Gasteiger charge is 2.18. The molecule has 0 bridgehead atoms. The lowest BCUT2D eigenvalue weighted by molar-refractivity contribution is 0.103. The van der Waals surface area contributed by atoms with Gasteiger partial charge in [-0.25, -0.2) is 4.79 Å². The molecular weight excluding hydrogens is 236 g/mol. The van der Waals surface area contributed by atoms with Gasteiger partial charge in [-0.1, -0.05) is 19.9 Å². The Labute approximate surface area is 103 Å². The topological polar surface area (TPSA) is 65.7 Å². The number of ketones is 1. The van der Waals surface area contributed by atoms with E-state index in [0.29, 0.717) is 28.6 Å². The summed E-state index contributed by atoms with van der Waals surface area (Å²) in [5.74, 6) is 0.269. The Morgan fingerprint density at radius 3 is 2.76 bits per heavy atom. The largest absolute Gasteiger partial charge is 0.323 e. The van der Waals surface area contributed by atoms with Crippen molar-refractivity contribution < 1.29 is 4.79 Å². The lowest BCUT2D eigenvalue weighted by Gasteiger charge is -2.04. The molecule has 0 unspecified atom stereocenters. The van der Waals surface area contributed by atoms with E-state index >= 15 is 0 Å². The first-order valence-corrected chi connectivity index (χ1v) is 6.35. The maximum atomic E-state index is 12.1. The number of imidazole rings is 1. The predicted octanol–water partition coefficient (Wildman–Crippen LogP) is 2.19. The fourth-order valence-corrected chi connectivity index (χ4v) is 2.38. The highest BCUT2D eigenvalue weighted by molar-refractivity contribution is 7.12. The Bertz CT molecular complexity index is 564. The number of hydrogen-bond acceptors (Lipinski definition) is 3. The van der Waals surface area contributed by atoms with Gasteiger partial charge >= 0.3 is 5.69 Å². The van der Waals surface area contributed by atoms with Crippen LogP contribution in [0.5, 0.6) is 0 Å². The van der Waals surface area contributed by atoms with Gasteiger partial charge in [0.2, 0.25) is 5.78 Å². The number of carbonyl (C=O) groups is 1. The molecule has 0 aliphatic rings. The second-order valence-electron chi connectivity index (χ2n) is 4.34. The SMILES string of the molecule is CC(C)Cc1[nH]c(=O)[nH]c1C(=O)c1cccs1. The Morgan fingerprint density at radius 2 is 2.18 bits per heavy atom. The van der Waals surface area contributed by atoms with Crippen LogP contribution in [0.1, 0.15) is 34.9 Å². The molecule has 2 aromatic rings. The molecule has 0 radical (unpaired) electrons. The van der Waals surface area contributed by atoms with Crippen LogP contribution in [-0.4, -0.2) is 15.8 Å². The van der Waals surface area contributed by atoms with Gasteiger partial charge in [-0.3, -0.25) is 4.79 Å². The van der Waals surface area contributed by atoms with Crippen molar-refractivity contribution in [2.24, 2.45) is 5.92 Å². The van der Waals surface area contributed by atoms with Gasteiger partial charge in [0, 0.05) is 5.69 Å². The van der Waals surface area contributed by atoms with Crippen LogP contribution in [0.2, 0.25) is 0 Å². The molecular formula is C12H14N2O2S. The summed E-state index contributed by atoms with van der Waals surface area (Å²) in [6.07, 6.45) is 0.686. The second-order valence-corrected chi connectivity index (χ2v) is 5.28. The maximum absolute atomic E-state index is 12.1. The van der Waals surface area contributed by atoms with Gasteiger partial charge in [-0.05, 0) is 23.8 Å². The third kappa shape index (κ3) is 2.55. The molecule has 0 saturated carbocycles. The van der Waals surface area contributed by atoms with Gasteiger partial charge in [0.15, 0.2) is 0 Å². The average Bonchev–Trinajstić information content (AvgIpc) is 2.85. The van der Waals surface area contributed by atoms with E-state index in [1.165, 1.54) is 11.3 Å². The summed E-state index contributed by atoms with van der Waals surface area (Å²) in [5.41, 5.74) is 0.773. The Hall–Kier alpha value is -1.62. The molecule has 2 aromatic heterocycles. The third-order valence-electron chi connectivity index (χ3n) is 2.39. The van der Waals surface area contributed by atoms with Crippen molar-refractivity contribution >= 4 is 17.1 Å². The van der Waals surface area contributed by atoms with Crippen molar-refractivity contribution in [2.75, 3.05) is 0 Å². The van der Waals surface area contributed by atoms with Gasteiger partial charge in [-0.2, -0.15) is 0 Å². The lowest BCUT2D eigenvalue weighted by Crippen LogP contribution is -2.06. The zero-order chi connectivity index (χ0) is 12.4. The van der Waals surface area contributed by atoms with Gasteiger partial charge in [0.25, 0.3) is 0 Å². The first kappa shape index (κ1) is 11.9. The van der Waals surface area contributed by atoms with Crippen LogP contribution in [0, 0.1) is 5.92 Å². The van der Waals surface area contributed by atoms with Crippen LogP contribution in [-0.2, 0) is 6.42 Å². The van der Waals surface area contributed by atoms with Crippen LogP contribution < -0.4 is 5.69 Å². The highest BCUT2D eigenvalue weighted by Crippen LogP contribution is 2.16. The third-order valence-corrected chi connectivity index (χ3v) is 3.26. The minimum atomic E-state index is -0.319. The second kappa shape index (κ2) is 4.71. The van der Waals surface area contributed by atoms with E-state index in [-0.39, 0.29) is 11.5 Å². The van der Waals surface area contributed by atoms with Crippen LogP contribution in [0.15, 0.2) is 22.3 Å². The summed E-state index contributed by atoms with van der Waals surface area (Å²) in [7, 11) is 0. The molecule has 5 heteroatoms. The molecule has 0 saturated heterocycles. The van der Waals surface area contributed by atoms with E-state index in [2.05, 4.69) is 9.97 Å². The van der Waals surface area contributed by atoms with E-state index in [1.807, 2.05) is 25.3 Å². The fourth-order valence-electron chi connectivity index (χ4n) is 1.71. The standard InChI is InChI=1S/C12H14N2O2S/c1-7(2)6-8-10(14-12(16)13-8)11(15)9-4-3-5-17-9/h3-5,7H,6H2,1-2H3,(H2,13,14,16). The summed E-state index contributed by atoms with van der Waals surface area (Å²) < 4.78 is 0. The minimum absolute atomic E-state index is 0.117. The highest BCUT2D eigenvalue weighted by atomic mass is 32.1. The molecule has 0 amide bonds. The van der Waals surface area contributed by atoms with Gasteiger partial charge in [0.1, 0.15) is 5.69 Å². The van der Waals surface area contributed by atoms with Crippen LogP contribution in [0.25, 0.3) is 0 Å². The summed E-state index contributed by atoms with van der Waals surface area (Å²) >= 11 is 1.38. The zero-order valence-electron chi connectivity index (χ0n) is 9.74. The number of aromatic nitrogens is 2. The molecule has 0 spiro atoms. The van der Waals surface area contributed by atoms with E-state index in [4.69, 9.17) is 0 Å². The summed E-state index contributed by atoms with van der Waals surface area (Å²) in [6.45, 7) is 4.09. The molecule has 4 nitrogen and oxygen atoms in total. The van der Waals surface area contributed by atoms with E-state index in [1.54, 1.807) is 6.07 Å². The number of aromatic amines is 2. The molecule has 0 aromatic carbocycles. The quantitative estimate of drug-likeness (QED) is 0.817. The first-order chi connectivity index (χ1) is 8.08. The Balaban J connectivity index is 2.38. The zero-order valence-corrected chi connectivity index (χ0v) is 10.6. The number of H-pyrrole nitrogens is 2. The van der Waals surface area contributed by atoms with Crippen molar-refractivity contribution in [2.45, 2.75) is 20.3 Å². The molecule has 90 valence electrons. The normalized spacial score (nSPS) is 11.0. The van der Waals surface area contributed by atoms with Gasteiger partial charge in [-0.15, -0.1) is 11.3 Å². The lowest BCUT2D eigenvalue weighted by atomic mass is 10.0. The molecule has 0 fully saturated rings. The number of carbonyl (C=O) groups excluding carboxylic acids is 1. The maximum Gasteiger partial charge on any atom is 0.323 e. The van der Waals surface area contributed by atoms with Crippen molar-refractivity contribution in [3.63, 3.8) is 0 Å². The van der Waals surface area contributed by atoms with E-state index in [9.17, 15) is 9.59 Å². The first-order valence-electron chi connectivity index (χ1n) is 5.47. The number of nitrogens with one attached hydrogen (secondary N) is 2. The van der Waals surface area contributed by atoms with Gasteiger partial charge < -0.3 is 9.97 Å². The molecule has 2 rings (SSSR count). The Kier molecular flexibility index (Phi) is 3.28. The summed E-state index contributed by atoms with van der Waals surface area (Å²) in [6, 6.07) is 3.59. The average molecular weight is 250 g/mol. The van der Waals surface area contributed by atoms with Gasteiger partial charge in [0.05, 0.1) is 4.88 Å². The van der Waals surface area contributed by atoms with Crippen LogP contribution >= 0.6 is 11.3 Å². The monoisotopic (exact) mass is 250 g/mol. The van der Waals surface area contributed by atoms with Crippen molar-refractivity contribution in [3.8, 4) is 0 Å². The van der Waals surface area contributed by atoms with E-state index in [0.717, 1.165) is 0 Å². The van der Waals surface area contributed by atoms with Crippen molar-refractivity contribution in [3.05, 3.63) is 44.3 Å². The Morgan fingerprint density at radius 1 is 1.41 bits per heavy atom. The van der Waals surface area contributed by atoms with Crippen molar-refractivity contribution in [1.82, 2.24) is 9.97 Å². The molecule has 0 aliphatic heterocycles. The smallest absolute Gasteiger partial charge is 0.309 e. The molecule has 2 N–H and O–H groups in total. The molecule has 2 heterocycles. The molecule has 17 heavy (non-hydrogen) atoms. The van der Waals surface area contributed by atoms with E-state index < -0.39 is 0 Å². The number of rotatable bonds is 4.